The van der Waals surface area contributed by atoms with Crippen molar-refractivity contribution in [2.45, 2.75) is 50.9 Å². The summed E-state index contributed by atoms with van der Waals surface area (Å²) in [6.07, 6.45) is 16.4. The minimum absolute atomic E-state index is 0.459. The van der Waals surface area contributed by atoms with E-state index in [1.54, 1.807) is 6.33 Å². The van der Waals surface area contributed by atoms with Crippen molar-refractivity contribution in [2.75, 3.05) is 18.8 Å². The molecule has 0 bridgehead atoms. The maximum absolute atomic E-state index is 6.36. The normalized spacial score (nSPS) is 20.9. The standard InChI is InChI=1S/C24H29N7/c1-31-20(16-4-6-24(7-5-16)8-10-26-11-9-24)18(19-21(25)29-14-30-23(19)31)22-27-12-17(13-28-22)15-2-3-15/h4,12-15,26H,2-3,5-11H2,1H3,(H2,25,29,30). The van der Waals surface area contributed by atoms with E-state index in [9.17, 15) is 0 Å². The molecular weight excluding hydrogens is 386 g/mol. The molecule has 1 saturated carbocycles. The van der Waals surface area contributed by atoms with E-state index >= 15 is 0 Å². The highest BCUT2D eigenvalue weighted by molar-refractivity contribution is 6.04. The summed E-state index contributed by atoms with van der Waals surface area (Å²) < 4.78 is 2.16. The zero-order valence-electron chi connectivity index (χ0n) is 18.1. The lowest BCUT2D eigenvalue weighted by Gasteiger charge is -2.40. The van der Waals surface area contributed by atoms with Gasteiger partial charge in [0.05, 0.1) is 16.6 Å². The highest BCUT2D eigenvalue weighted by Gasteiger charge is 2.35. The molecule has 3 aliphatic rings. The van der Waals surface area contributed by atoms with Crippen LogP contribution in [0.5, 0.6) is 0 Å². The predicted octanol–water partition coefficient (Wildman–Crippen LogP) is 3.82. The van der Waals surface area contributed by atoms with E-state index in [2.05, 4.69) is 33.0 Å². The van der Waals surface area contributed by atoms with Crippen molar-refractivity contribution in [1.82, 2.24) is 29.8 Å². The highest BCUT2D eigenvalue weighted by atomic mass is 15.1. The van der Waals surface area contributed by atoms with E-state index in [0.717, 1.165) is 54.0 Å². The van der Waals surface area contributed by atoms with Gasteiger partial charge >= 0.3 is 0 Å². The van der Waals surface area contributed by atoms with Crippen LogP contribution in [0.15, 0.2) is 24.8 Å². The molecule has 1 spiro atoms. The number of hydrogen-bond donors (Lipinski definition) is 2. The fourth-order valence-electron chi connectivity index (χ4n) is 5.53. The van der Waals surface area contributed by atoms with Gasteiger partial charge in [-0.05, 0) is 80.5 Å². The summed E-state index contributed by atoms with van der Waals surface area (Å²) in [6, 6.07) is 0. The first-order chi connectivity index (χ1) is 15.2. The van der Waals surface area contributed by atoms with Crippen LogP contribution in [0.1, 0.15) is 62.1 Å². The number of nitrogens with one attached hydrogen (secondary N) is 1. The Labute approximate surface area is 182 Å². The molecule has 160 valence electrons. The molecule has 7 nitrogen and oxygen atoms in total. The summed E-state index contributed by atoms with van der Waals surface area (Å²) in [5.41, 5.74) is 12.4. The van der Waals surface area contributed by atoms with E-state index in [1.165, 1.54) is 43.2 Å². The number of rotatable bonds is 3. The van der Waals surface area contributed by atoms with Gasteiger partial charge in [-0.2, -0.15) is 0 Å². The average molecular weight is 416 g/mol. The second-order valence-electron chi connectivity index (χ2n) is 9.54. The first kappa shape index (κ1) is 18.9. The number of nitrogens with two attached hydrogens (primary N) is 1. The summed E-state index contributed by atoms with van der Waals surface area (Å²) in [5, 5.41) is 4.37. The number of fused-ring (bicyclic) bond motifs is 1. The quantitative estimate of drug-likeness (QED) is 0.675. The van der Waals surface area contributed by atoms with Crippen LogP contribution >= 0.6 is 0 Å². The van der Waals surface area contributed by atoms with Crippen LogP contribution in [0.25, 0.3) is 28.0 Å². The Bertz CT molecular complexity index is 1160. The Morgan fingerprint density at radius 3 is 2.52 bits per heavy atom. The van der Waals surface area contributed by atoms with Crippen LogP contribution < -0.4 is 11.1 Å². The molecule has 0 radical (unpaired) electrons. The summed E-state index contributed by atoms with van der Waals surface area (Å²) in [6.45, 7) is 2.27. The SMILES string of the molecule is Cn1c(C2=CCC3(CCNCC3)CC2)c(-c2ncc(C3CC3)cn2)c2c(N)ncnc21. The minimum Gasteiger partial charge on any atom is -0.383 e. The molecule has 3 N–H and O–H groups in total. The number of anilines is 1. The van der Waals surface area contributed by atoms with Gasteiger partial charge in [0.1, 0.15) is 17.8 Å². The van der Waals surface area contributed by atoms with Crippen molar-refractivity contribution < 1.29 is 0 Å². The second-order valence-corrected chi connectivity index (χ2v) is 9.54. The van der Waals surface area contributed by atoms with Crippen molar-refractivity contribution in [3.8, 4) is 11.4 Å². The maximum Gasteiger partial charge on any atom is 0.162 e. The largest absolute Gasteiger partial charge is 0.383 e. The number of nitrogen functional groups attached to an aromatic ring is 1. The Morgan fingerprint density at radius 2 is 1.84 bits per heavy atom. The van der Waals surface area contributed by atoms with Crippen LogP contribution in [0.3, 0.4) is 0 Å². The highest BCUT2D eigenvalue weighted by Crippen LogP contribution is 2.47. The van der Waals surface area contributed by atoms with Crippen LogP contribution in [0.2, 0.25) is 0 Å². The number of allylic oxidation sites excluding steroid dienone is 2. The maximum atomic E-state index is 6.36. The van der Waals surface area contributed by atoms with Gasteiger partial charge in [-0.3, -0.25) is 0 Å². The van der Waals surface area contributed by atoms with Gasteiger partial charge in [0.25, 0.3) is 0 Å². The number of nitrogens with zero attached hydrogens (tertiary/aromatic N) is 5. The molecule has 1 aliphatic heterocycles. The average Bonchev–Trinajstić information content (AvgIpc) is 3.60. The molecule has 3 aromatic rings. The summed E-state index contributed by atoms with van der Waals surface area (Å²) in [4.78, 5) is 18.4. The van der Waals surface area contributed by atoms with Gasteiger partial charge in [0.2, 0.25) is 0 Å². The van der Waals surface area contributed by atoms with Crippen molar-refractivity contribution in [1.29, 1.82) is 0 Å². The van der Waals surface area contributed by atoms with Gasteiger partial charge in [0, 0.05) is 19.4 Å². The Hall–Kier alpha value is -2.80. The molecule has 0 atom stereocenters. The van der Waals surface area contributed by atoms with Gasteiger partial charge < -0.3 is 15.6 Å². The van der Waals surface area contributed by atoms with Gasteiger partial charge in [-0.1, -0.05) is 6.08 Å². The van der Waals surface area contributed by atoms with Crippen LogP contribution in [0, 0.1) is 5.41 Å². The van der Waals surface area contributed by atoms with E-state index < -0.39 is 0 Å². The Balaban J connectivity index is 1.48. The second kappa shape index (κ2) is 7.12. The first-order valence-electron chi connectivity index (χ1n) is 11.5. The number of aryl methyl sites for hydroxylation is 1. The molecule has 31 heavy (non-hydrogen) atoms. The third-order valence-corrected chi connectivity index (χ3v) is 7.62. The molecule has 2 aliphatic carbocycles. The van der Waals surface area contributed by atoms with Gasteiger partial charge in [0.15, 0.2) is 5.82 Å². The van der Waals surface area contributed by atoms with E-state index in [0.29, 0.717) is 17.2 Å². The van der Waals surface area contributed by atoms with Gasteiger partial charge in [-0.15, -0.1) is 0 Å². The molecular formula is C24H29N7. The molecule has 0 aromatic carbocycles. The molecule has 0 unspecified atom stereocenters. The predicted molar refractivity (Wildman–Crippen MR) is 122 cm³/mol. The zero-order valence-corrected chi connectivity index (χ0v) is 18.1. The van der Waals surface area contributed by atoms with Crippen molar-refractivity contribution in [2.24, 2.45) is 12.5 Å². The van der Waals surface area contributed by atoms with Crippen LogP contribution in [-0.4, -0.2) is 37.6 Å². The summed E-state index contributed by atoms with van der Waals surface area (Å²) in [7, 11) is 2.07. The van der Waals surface area contributed by atoms with Crippen molar-refractivity contribution >= 4 is 22.4 Å². The molecule has 7 heteroatoms. The Morgan fingerprint density at radius 1 is 1.06 bits per heavy atom. The molecule has 0 amide bonds. The zero-order chi connectivity index (χ0) is 21.0. The molecule has 4 heterocycles. The van der Waals surface area contributed by atoms with Crippen LogP contribution in [0.4, 0.5) is 5.82 Å². The molecule has 1 saturated heterocycles. The lowest BCUT2D eigenvalue weighted by Crippen LogP contribution is -2.37. The number of aromatic nitrogens is 5. The topological polar surface area (TPSA) is 94.5 Å². The summed E-state index contributed by atoms with van der Waals surface area (Å²) >= 11 is 0. The van der Waals surface area contributed by atoms with Crippen molar-refractivity contribution in [3.05, 3.63) is 36.1 Å². The summed E-state index contributed by atoms with van der Waals surface area (Å²) in [5.74, 6) is 1.84. The van der Waals surface area contributed by atoms with E-state index in [-0.39, 0.29) is 0 Å². The van der Waals surface area contributed by atoms with Gasteiger partial charge in [-0.25, -0.2) is 19.9 Å². The molecule has 3 aromatic heterocycles. The Kier molecular flexibility index (Phi) is 4.35. The third-order valence-electron chi connectivity index (χ3n) is 7.62. The molecule has 2 fully saturated rings. The number of hydrogen-bond acceptors (Lipinski definition) is 6. The first-order valence-corrected chi connectivity index (χ1v) is 11.5. The third kappa shape index (κ3) is 3.14. The van der Waals surface area contributed by atoms with Crippen LogP contribution in [-0.2, 0) is 7.05 Å². The molecule has 6 rings (SSSR count). The fraction of sp³-hybridized carbons (Fsp3) is 0.500. The van der Waals surface area contributed by atoms with E-state index in [4.69, 9.17) is 15.7 Å². The minimum atomic E-state index is 0.459. The fourth-order valence-corrected chi connectivity index (χ4v) is 5.53. The smallest absolute Gasteiger partial charge is 0.162 e. The van der Waals surface area contributed by atoms with Crippen molar-refractivity contribution in [3.63, 3.8) is 0 Å². The lowest BCUT2D eigenvalue weighted by molar-refractivity contribution is 0.184. The lowest BCUT2D eigenvalue weighted by atomic mass is 9.68. The monoisotopic (exact) mass is 415 g/mol. The number of piperidine rings is 1. The van der Waals surface area contributed by atoms with E-state index in [1.807, 2.05) is 12.4 Å².